The average molecular weight is 478 g/mol. The van der Waals surface area contributed by atoms with Gasteiger partial charge < -0.3 is 10.6 Å². The van der Waals surface area contributed by atoms with Gasteiger partial charge in [-0.3, -0.25) is 9.69 Å². The molecule has 1 amide bonds. The zero-order valence-corrected chi connectivity index (χ0v) is 20.5. The maximum atomic E-state index is 13.0. The average Bonchev–Trinajstić information content (AvgIpc) is 2.91. The fourth-order valence-corrected chi connectivity index (χ4v) is 4.54. The quantitative estimate of drug-likeness (QED) is 0.363. The van der Waals surface area contributed by atoms with Crippen LogP contribution in [0.2, 0.25) is 0 Å². The van der Waals surface area contributed by atoms with E-state index in [-0.39, 0.29) is 11.9 Å². The van der Waals surface area contributed by atoms with Crippen molar-refractivity contribution in [3.63, 3.8) is 0 Å². The Morgan fingerprint density at radius 3 is 2.47 bits per heavy atom. The van der Waals surface area contributed by atoms with E-state index >= 15 is 0 Å². The summed E-state index contributed by atoms with van der Waals surface area (Å²) in [5.41, 5.74) is 5.88. The molecular weight excluding hydrogens is 446 g/mol. The van der Waals surface area contributed by atoms with Gasteiger partial charge in [-0.2, -0.15) is 0 Å². The molecule has 0 saturated carbocycles. The van der Waals surface area contributed by atoms with Crippen LogP contribution in [0.1, 0.15) is 34.3 Å². The molecule has 4 aromatic rings. The van der Waals surface area contributed by atoms with Crippen LogP contribution in [-0.4, -0.2) is 39.9 Å². The summed E-state index contributed by atoms with van der Waals surface area (Å²) < 4.78 is 0. The molecule has 1 aromatic heterocycles. The van der Waals surface area contributed by atoms with Gasteiger partial charge >= 0.3 is 0 Å². The van der Waals surface area contributed by atoms with Crippen LogP contribution in [0.25, 0.3) is 11.3 Å². The van der Waals surface area contributed by atoms with Crippen LogP contribution < -0.4 is 10.6 Å². The largest absolute Gasteiger partial charge is 0.349 e. The topological polar surface area (TPSA) is 70.2 Å². The molecule has 1 aliphatic heterocycles. The van der Waals surface area contributed by atoms with E-state index in [9.17, 15) is 4.79 Å². The molecule has 0 atom stereocenters. The maximum Gasteiger partial charge on any atom is 0.251 e. The van der Waals surface area contributed by atoms with Gasteiger partial charge in [-0.25, -0.2) is 9.97 Å². The van der Waals surface area contributed by atoms with E-state index in [1.54, 1.807) is 6.33 Å². The molecule has 5 rings (SSSR count). The Morgan fingerprint density at radius 2 is 1.69 bits per heavy atom. The van der Waals surface area contributed by atoms with Gasteiger partial charge in [-0.05, 0) is 43.5 Å². The highest BCUT2D eigenvalue weighted by Gasteiger charge is 2.21. The lowest BCUT2D eigenvalue weighted by atomic mass is 10.0. The van der Waals surface area contributed by atoms with Gasteiger partial charge in [-0.1, -0.05) is 66.2 Å². The molecule has 6 nitrogen and oxygen atoms in total. The Kier molecular flexibility index (Phi) is 7.33. The van der Waals surface area contributed by atoms with Gasteiger partial charge in [0.2, 0.25) is 0 Å². The van der Waals surface area contributed by atoms with Crippen LogP contribution >= 0.6 is 0 Å². The zero-order valence-electron chi connectivity index (χ0n) is 20.5. The van der Waals surface area contributed by atoms with Crippen molar-refractivity contribution in [3.8, 4) is 11.3 Å². The van der Waals surface area contributed by atoms with Crippen molar-refractivity contribution in [1.82, 2.24) is 20.2 Å². The van der Waals surface area contributed by atoms with Crippen molar-refractivity contribution in [1.29, 1.82) is 0 Å². The first kappa shape index (κ1) is 23.7. The monoisotopic (exact) mass is 477 g/mol. The summed E-state index contributed by atoms with van der Waals surface area (Å²) in [5, 5.41) is 6.54. The number of nitrogens with zero attached hydrogens (tertiary/aromatic N) is 3. The minimum atomic E-state index is -0.0387. The minimum Gasteiger partial charge on any atom is -0.349 e. The van der Waals surface area contributed by atoms with Crippen LogP contribution in [0.3, 0.4) is 0 Å². The summed E-state index contributed by atoms with van der Waals surface area (Å²) in [6, 6.07) is 28.4. The van der Waals surface area contributed by atoms with Crippen molar-refractivity contribution < 1.29 is 4.79 Å². The summed E-state index contributed by atoms with van der Waals surface area (Å²) in [7, 11) is 0. The van der Waals surface area contributed by atoms with Crippen LogP contribution in [0.15, 0.2) is 91.3 Å². The molecule has 0 bridgehead atoms. The number of likely N-dealkylation sites (tertiary alicyclic amines) is 1. The maximum absolute atomic E-state index is 13.0. The number of rotatable bonds is 7. The van der Waals surface area contributed by atoms with E-state index in [1.165, 1.54) is 11.1 Å². The van der Waals surface area contributed by atoms with Crippen molar-refractivity contribution in [2.24, 2.45) is 0 Å². The number of aromatic nitrogens is 2. The lowest BCUT2D eigenvalue weighted by Gasteiger charge is -2.32. The number of carbonyl (C=O) groups excluding carboxylic acids is 1. The smallest absolute Gasteiger partial charge is 0.251 e. The molecule has 2 N–H and O–H groups in total. The number of piperidine rings is 1. The Balaban J connectivity index is 1.17. The standard InChI is InChI=1S/C30H31N5O/c1-22-10-12-24(13-11-22)28-19-29(32-21-31-28)33-27-9-5-8-25(18-27)30(36)34-26-14-16-35(17-15-26)20-23-6-3-2-4-7-23/h2-13,18-19,21,26H,14-17,20H2,1H3,(H,34,36)(H,31,32,33). The highest BCUT2D eigenvalue weighted by molar-refractivity contribution is 5.95. The predicted octanol–water partition coefficient (Wildman–Crippen LogP) is 5.59. The highest BCUT2D eigenvalue weighted by atomic mass is 16.1. The van der Waals surface area contributed by atoms with Gasteiger partial charge in [0.05, 0.1) is 5.69 Å². The summed E-state index contributed by atoms with van der Waals surface area (Å²) in [5.74, 6) is 0.645. The Bertz CT molecular complexity index is 1300. The van der Waals surface area contributed by atoms with Crippen LogP contribution in [0.4, 0.5) is 11.5 Å². The van der Waals surface area contributed by atoms with E-state index < -0.39 is 0 Å². The van der Waals surface area contributed by atoms with Gasteiger partial charge in [-0.15, -0.1) is 0 Å². The summed E-state index contributed by atoms with van der Waals surface area (Å²) in [6.45, 7) is 5.00. The number of hydrogen-bond donors (Lipinski definition) is 2. The minimum absolute atomic E-state index is 0.0387. The molecule has 6 heteroatoms. The first-order chi connectivity index (χ1) is 17.6. The first-order valence-corrected chi connectivity index (χ1v) is 12.5. The fraction of sp³-hybridized carbons (Fsp3) is 0.233. The molecule has 1 aliphatic rings. The molecule has 0 unspecified atom stereocenters. The SMILES string of the molecule is Cc1ccc(-c2cc(Nc3cccc(C(=O)NC4CCN(Cc5ccccc5)CC4)c3)ncn2)cc1. The van der Waals surface area contributed by atoms with Gasteiger partial charge in [0.25, 0.3) is 5.91 Å². The lowest BCUT2D eigenvalue weighted by molar-refractivity contribution is 0.0909. The number of hydrogen-bond acceptors (Lipinski definition) is 5. The Morgan fingerprint density at radius 1 is 0.917 bits per heavy atom. The first-order valence-electron chi connectivity index (χ1n) is 12.5. The van der Waals surface area contributed by atoms with Crippen molar-refractivity contribution in [2.45, 2.75) is 32.4 Å². The number of benzene rings is 3. The third-order valence-corrected chi connectivity index (χ3v) is 6.58. The summed E-state index contributed by atoms with van der Waals surface area (Å²) in [6.07, 6.45) is 3.47. The van der Waals surface area contributed by atoms with E-state index in [1.807, 2.05) is 36.4 Å². The van der Waals surface area contributed by atoms with Crippen molar-refractivity contribution >= 4 is 17.4 Å². The molecule has 1 fully saturated rings. The van der Waals surface area contributed by atoms with Gasteiger partial charge in [0, 0.05) is 48.6 Å². The van der Waals surface area contributed by atoms with Crippen LogP contribution in [-0.2, 0) is 6.54 Å². The number of anilines is 2. The van der Waals surface area contributed by atoms with Crippen LogP contribution in [0, 0.1) is 6.92 Å². The number of aryl methyl sites for hydroxylation is 1. The van der Waals surface area contributed by atoms with Gasteiger partial charge in [0.15, 0.2) is 0 Å². The summed E-state index contributed by atoms with van der Waals surface area (Å²) in [4.78, 5) is 24.2. The normalized spacial score (nSPS) is 14.4. The highest BCUT2D eigenvalue weighted by Crippen LogP contribution is 2.22. The second kappa shape index (κ2) is 11.1. The molecule has 1 saturated heterocycles. The zero-order chi connectivity index (χ0) is 24.7. The van der Waals surface area contributed by atoms with E-state index in [0.717, 1.165) is 49.4 Å². The summed E-state index contributed by atoms with van der Waals surface area (Å²) >= 11 is 0. The van der Waals surface area contributed by atoms with E-state index in [0.29, 0.717) is 11.4 Å². The molecule has 2 heterocycles. The third-order valence-electron chi connectivity index (χ3n) is 6.58. The molecule has 3 aromatic carbocycles. The Hall–Kier alpha value is -4.03. The van der Waals surface area contributed by atoms with Crippen molar-refractivity contribution in [2.75, 3.05) is 18.4 Å². The number of carbonyl (C=O) groups is 1. The predicted molar refractivity (Wildman–Crippen MR) is 144 cm³/mol. The number of amides is 1. The second-order valence-electron chi connectivity index (χ2n) is 9.37. The fourth-order valence-electron chi connectivity index (χ4n) is 4.54. The van der Waals surface area contributed by atoms with E-state index in [2.05, 4.69) is 81.0 Å². The van der Waals surface area contributed by atoms with Crippen molar-refractivity contribution in [3.05, 3.63) is 108 Å². The lowest BCUT2D eigenvalue weighted by Crippen LogP contribution is -2.44. The van der Waals surface area contributed by atoms with Gasteiger partial charge in [0.1, 0.15) is 12.1 Å². The number of nitrogens with one attached hydrogen (secondary N) is 2. The third kappa shape index (κ3) is 6.15. The molecular formula is C30H31N5O. The molecule has 182 valence electrons. The van der Waals surface area contributed by atoms with Crippen LogP contribution in [0.5, 0.6) is 0 Å². The molecule has 0 radical (unpaired) electrons. The molecule has 0 aliphatic carbocycles. The second-order valence-corrected chi connectivity index (χ2v) is 9.37. The Labute approximate surface area is 212 Å². The molecule has 36 heavy (non-hydrogen) atoms. The van der Waals surface area contributed by atoms with E-state index in [4.69, 9.17) is 0 Å². The molecule has 0 spiro atoms.